The van der Waals surface area contributed by atoms with Crippen molar-refractivity contribution in [3.63, 3.8) is 0 Å². The van der Waals surface area contributed by atoms with Gasteiger partial charge in [0.25, 0.3) is 0 Å². The minimum atomic E-state index is -3.59. The van der Waals surface area contributed by atoms with Gasteiger partial charge in [-0.1, -0.05) is 12.1 Å². The summed E-state index contributed by atoms with van der Waals surface area (Å²) < 4.78 is 32.9. The SMILES string of the molecule is Cc1nc(-c2ccc(S(=O)(=O)NCC[C@H](CCO)c3ccsc3)cc2)co1. The molecular formula is C19H22N2O4S2. The molecule has 144 valence electrons. The lowest BCUT2D eigenvalue weighted by atomic mass is 9.95. The average molecular weight is 407 g/mol. The maximum atomic E-state index is 12.5. The Morgan fingerprint density at radius 3 is 2.59 bits per heavy atom. The summed E-state index contributed by atoms with van der Waals surface area (Å²) in [7, 11) is -3.59. The van der Waals surface area contributed by atoms with Crippen LogP contribution in [0, 0.1) is 6.92 Å². The van der Waals surface area contributed by atoms with Gasteiger partial charge in [0.15, 0.2) is 5.89 Å². The summed E-state index contributed by atoms with van der Waals surface area (Å²) in [5.74, 6) is 0.702. The minimum Gasteiger partial charge on any atom is -0.449 e. The molecule has 8 heteroatoms. The van der Waals surface area contributed by atoms with E-state index >= 15 is 0 Å². The highest BCUT2D eigenvalue weighted by Crippen LogP contribution is 2.25. The second-order valence-corrected chi connectivity index (χ2v) is 8.78. The fraction of sp³-hybridized carbons (Fsp3) is 0.316. The van der Waals surface area contributed by atoms with Gasteiger partial charge in [0, 0.05) is 25.6 Å². The first-order valence-corrected chi connectivity index (χ1v) is 11.1. The number of nitrogens with one attached hydrogen (secondary N) is 1. The molecule has 0 aliphatic heterocycles. The zero-order valence-electron chi connectivity index (χ0n) is 15.0. The smallest absolute Gasteiger partial charge is 0.240 e. The van der Waals surface area contributed by atoms with Crippen molar-refractivity contribution in [2.24, 2.45) is 0 Å². The highest BCUT2D eigenvalue weighted by molar-refractivity contribution is 7.89. The Hall–Kier alpha value is -2.00. The van der Waals surface area contributed by atoms with Crippen LogP contribution in [-0.2, 0) is 10.0 Å². The van der Waals surface area contributed by atoms with Crippen LogP contribution in [0.2, 0.25) is 0 Å². The topological polar surface area (TPSA) is 92.4 Å². The number of thiophene rings is 1. The Kier molecular flexibility index (Phi) is 6.43. The van der Waals surface area contributed by atoms with E-state index in [2.05, 4.69) is 9.71 Å². The van der Waals surface area contributed by atoms with E-state index in [0.717, 1.165) is 11.1 Å². The van der Waals surface area contributed by atoms with Gasteiger partial charge in [-0.3, -0.25) is 0 Å². The van der Waals surface area contributed by atoms with Crippen molar-refractivity contribution in [3.8, 4) is 11.3 Å². The molecule has 0 spiro atoms. The van der Waals surface area contributed by atoms with Crippen molar-refractivity contribution in [1.29, 1.82) is 0 Å². The van der Waals surface area contributed by atoms with Crippen LogP contribution in [0.3, 0.4) is 0 Å². The number of rotatable bonds is 9. The molecule has 0 saturated heterocycles. The summed E-state index contributed by atoms with van der Waals surface area (Å²) >= 11 is 1.60. The zero-order valence-corrected chi connectivity index (χ0v) is 16.6. The van der Waals surface area contributed by atoms with E-state index < -0.39 is 10.0 Å². The molecule has 0 aliphatic rings. The maximum Gasteiger partial charge on any atom is 0.240 e. The number of nitrogens with zero attached hydrogens (tertiary/aromatic N) is 1. The van der Waals surface area contributed by atoms with E-state index in [9.17, 15) is 13.5 Å². The average Bonchev–Trinajstić information content (AvgIpc) is 3.33. The molecule has 0 aliphatic carbocycles. The second-order valence-electron chi connectivity index (χ2n) is 6.23. The number of hydrogen-bond acceptors (Lipinski definition) is 6. The molecule has 2 aromatic heterocycles. The number of oxazole rings is 1. The summed E-state index contributed by atoms with van der Waals surface area (Å²) in [5.41, 5.74) is 2.61. The third-order valence-electron chi connectivity index (χ3n) is 4.36. The fourth-order valence-electron chi connectivity index (χ4n) is 2.89. The van der Waals surface area contributed by atoms with E-state index in [-0.39, 0.29) is 17.4 Å². The quantitative estimate of drug-likeness (QED) is 0.567. The van der Waals surface area contributed by atoms with Crippen LogP contribution in [0.5, 0.6) is 0 Å². The third-order valence-corrected chi connectivity index (χ3v) is 6.53. The van der Waals surface area contributed by atoms with Crippen LogP contribution in [0.4, 0.5) is 0 Å². The Morgan fingerprint density at radius 2 is 2.00 bits per heavy atom. The van der Waals surface area contributed by atoms with Gasteiger partial charge in [-0.15, -0.1) is 0 Å². The van der Waals surface area contributed by atoms with Gasteiger partial charge in [-0.05, 0) is 53.3 Å². The van der Waals surface area contributed by atoms with Crippen LogP contribution in [-0.4, -0.2) is 31.7 Å². The van der Waals surface area contributed by atoms with E-state index in [1.807, 2.05) is 16.8 Å². The Morgan fingerprint density at radius 1 is 1.22 bits per heavy atom. The molecule has 0 bridgehead atoms. The number of sulfonamides is 1. The summed E-state index contributed by atoms with van der Waals surface area (Å²) in [6, 6.07) is 8.57. The monoisotopic (exact) mass is 406 g/mol. The van der Waals surface area contributed by atoms with E-state index in [0.29, 0.717) is 31.0 Å². The van der Waals surface area contributed by atoms with E-state index in [1.54, 1.807) is 48.8 Å². The molecule has 27 heavy (non-hydrogen) atoms. The van der Waals surface area contributed by atoms with E-state index in [1.165, 1.54) is 0 Å². The maximum absolute atomic E-state index is 12.5. The first kappa shape index (κ1) is 19.8. The summed E-state index contributed by atoms with van der Waals surface area (Å²) in [6.45, 7) is 2.15. The normalized spacial score (nSPS) is 13.0. The molecule has 6 nitrogen and oxygen atoms in total. The number of benzene rings is 1. The molecule has 1 aromatic carbocycles. The van der Waals surface area contributed by atoms with Gasteiger partial charge in [-0.2, -0.15) is 11.3 Å². The summed E-state index contributed by atoms with van der Waals surface area (Å²) in [5, 5.41) is 13.3. The Balaban J connectivity index is 1.62. The number of aliphatic hydroxyl groups excluding tert-OH is 1. The van der Waals surface area contributed by atoms with Crippen molar-refractivity contribution >= 4 is 21.4 Å². The molecule has 0 saturated carbocycles. The van der Waals surface area contributed by atoms with Crippen LogP contribution in [0.15, 0.2) is 56.7 Å². The van der Waals surface area contributed by atoms with Gasteiger partial charge >= 0.3 is 0 Å². The molecule has 0 fully saturated rings. The van der Waals surface area contributed by atoms with Crippen molar-refractivity contribution in [2.75, 3.05) is 13.2 Å². The predicted molar refractivity (Wildman–Crippen MR) is 105 cm³/mol. The highest BCUT2D eigenvalue weighted by Gasteiger charge is 2.17. The summed E-state index contributed by atoms with van der Waals surface area (Å²) in [4.78, 5) is 4.44. The minimum absolute atomic E-state index is 0.0796. The molecule has 3 aromatic rings. The zero-order chi connectivity index (χ0) is 19.3. The van der Waals surface area contributed by atoms with Crippen molar-refractivity contribution < 1.29 is 17.9 Å². The Bertz CT molecular complexity index is 948. The third kappa shape index (κ3) is 5.04. The standard InChI is InChI=1S/C19H22N2O4S2/c1-14-21-19(12-25-14)16-2-4-18(5-3-16)27(23,24)20-9-6-15(7-10-22)17-8-11-26-13-17/h2-5,8,11-13,15,20,22H,6-7,9-10H2,1H3/t15-/m1/s1. The lowest BCUT2D eigenvalue weighted by molar-refractivity contribution is 0.273. The summed E-state index contributed by atoms with van der Waals surface area (Å²) in [6.07, 6.45) is 2.79. The Labute approximate surface area is 162 Å². The molecule has 0 unspecified atom stereocenters. The number of aliphatic hydroxyl groups is 1. The first-order valence-electron chi connectivity index (χ1n) is 8.65. The van der Waals surface area contributed by atoms with Crippen molar-refractivity contribution in [2.45, 2.75) is 30.6 Å². The predicted octanol–water partition coefficient (Wildman–Crippen LogP) is 3.55. The number of aryl methyl sites for hydroxylation is 1. The molecule has 2 heterocycles. The van der Waals surface area contributed by atoms with Gasteiger partial charge in [0.1, 0.15) is 12.0 Å². The van der Waals surface area contributed by atoms with Crippen LogP contribution in [0.25, 0.3) is 11.3 Å². The molecule has 0 radical (unpaired) electrons. The van der Waals surface area contributed by atoms with Gasteiger partial charge in [-0.25, -0.2) is 18.1 Å². The largest absolute Gasteiger partial charge is 0.449 e. The second kappa shape index (κ2) is 8.79. The van der Waals surface area contributed by atoms with Crippen LogP contribution in [0.1, 0.15) is 30.2 Å². The first-order chi connectivity index (χ1) is 13.0. The molecular weight excluding hydrogens is 384 g/mol. The van der Waals surface area contributed by atoms with Crippen LogP contribution >= 0.6 is 11.3 Å². The van der Waals surface area contributed by atoms with Crippen molar-refractivity contribution in [1.82, 2.24) is 9.71 Å². The number of aromatic nitrogens is 1. The lowest BCUT2D eigenvalue weighted by Gasteiger charge is -2.15. The van der Waals surface area contributed by atoms with Crippen LogP contribution < -0.4 is 4.72 Å². The molecule has 3 rings (SSSR count). The fourth-order valence-corrected chi connectivity index (χ4v) is 4.68. The lowest BCUT2D eigenvalue weighted by Crippen LogP contribution is -2.26. The molecule has 0 amide bonds. The van der Waals surface area contributed by atoms with Gasteiger partial charge in [0.05, 0.1) is 4.90 Å². The number of hydrogen-bond donors (Lipinski definition) is 2. The van der Waals surface area contributed by atoms with Gasteiger partial charge in [0.2, 0.25) is 10.0 Å². The molecule has 2 N–H and O–H groups in total. The molecule has 1 atom stereocenters. The van der Waals surface area contributed by atoms with Crippen molar-refractivity contribution in [3.05, 3.63) is 58.8 Å². The van der Waals surface area contributed by atoms with E-state index in [4.69, 9.17) is 4.42 Å². The highest BCUT2D eigenvalue weighted by atomic mass is 32.2. The van der Waals surface area contributed by atoms with Gasteiger partial charge < -0.3 is 9.52 Å².